The molecule has 0 spiro atoms. The Morgan fingerprint density at radius 2 is 2.11 bits per heavy atom. The zero-order valence-electron chi connectivity index (χ0n) is 9.54. The summed E-state index contributed by atoms with van der Waals surface area (Å²) in [5.74, 6) is -0.552. The summed E-state index contributed by atoms with van der Waals surface area (Å²) in [6.07, 6.45) is 0. The molecule has 18 heavy (non-hydrogen) atoms. The largest absolute Gasteiger partial charge is 0.351 e. The van der Waals surface area contributed by atoms with Gasteiger partial charge in [0.05, 0.1) is 11.3 Å². The van der Waals surface area contributed by atoms with Crippen LogP contribution in [0.2, 0.25) is 5.02 Å². The van der Waals surface area contributed by atoms with Gasteiger partial charge in [0.15, 0.2) is 0 Å². The Kier molecular flexibility index (Phi) is 5.58. The monoisotopic (exact) mass is 354 g/mol. The number of carbonyl (C=O) groups is 1. The van der Waals surface area contributed by atoms with Gasteiger partial charge in [-0.15, -0.1) is 0 Å². The van der Waals surface area contributed by atoms with Crippen LogP contribution in [0.25, 0.3) is 0 Å². The first-order chi connectivity index (χ1) is 8.35. The number of sulfonamides is 1. The van der Waals surface area contributed by atoms with E-state index < -0.39 is 10.0 Å². The van der Waals surface area contributed by atoms with E-state index in [0.717, 1.165) is 0 Å². The van der Waals surface area contributed by atoms with Gasteiger partial charge < -0.3 is 5.32 Å². The molecule has 1 aromatic rings. The molecule has 1 aromatic carbocycles. The van der Waals surface area contributed by atoms with Crippen LogP contribution in [0.15, 0.2) is 22.7 Å². The highest BCUT2D eigenvalue weighted by atomic mass is 79.9. The molecule has 1 rings (SSSR count). The second kappa shape index (κ2) is 6.51. The van der Waals surface area contributed by atoms with E-state index >= 15 is 0 Å². The summed E-state index contributed by atoms with van der Waals surface area (Å²) in [5.41, 5.74) is 0.365. The fourth-order valence-corrected chi connectivity index (χ4v) is 2.34. The van der Waals surface area contributed by atoms with Crippen molar-refractivity contribution < 1.29 is 13.2 Å². The average molecular weight is 356 g/mol. The highest BCUT2D eigenvalue weighted by Gasteiger charge is 2.12. The van der Waals surface area contributed by atoms with E-state index in [1.54, 1.807) is 12.1 Å². The number of hydrogen-bond donors (Lipinski definition) is 2. The molecule has 8 heteroatoms. The van der Waals surface area contributed by atoms with Crippen molar-refractivity contribution >= 4 is 43.5 Å². The van der Waals surface area contributed by atoms with E-state index in [0.29, 0.717) is 15.1 Å². The Labute approximate surface area is 119 Å². The molecule has 0 unspecified atom stereocenters. The van der Waals surface area contributed by atoms with Gasteiger partial charge in [0, 0.05) is 16.0 Å². The van der Waals surface area contributed by atoms with Crippen LogP contribution in [0.4, 0.5) is 0 Å². The Morgan fingerprint density at radius 1 is 1.44 bits per heavy atom. The maximum Gasteiger partial charge on any atom is 0.252 e. The number of rotatable bonds is 5. The lowest BCUT2D eigenvalue weighted by molar-refractivity contribution is 0.0955. The predicted octanol–water partition coefficient (Wildman–Crippen LogP) is 1.38. The van der Waals surface area contributed by atoms with Crippen LogP contribution in [-0.2, 0) is 10.0 Å². The first-order valence-corrected chi connectivity index (χ1v) is 7.82. The molecular formula is C10H12BrClN2O3S. The SMILES string of the molecule is CNS(=O)(=O)CCNC(=O)c1cc(Cl)ccc1Br. The van der Waals surface area contributed by atoms with Crippen LogP contribution in [0, 0.1) is 0 Å². The number of hydrogen-bond acceptors (Lipinski definition) is 3. The zero-order chi connectivity index (χ0) is 13.8. The van der Waals surface area contributed by atoms with E-state index in [9.17, 15) is 13.2 Å². The number of nitrogens with one attached hydrogen (secondary N) is 2. The molecule has 100 valence electrons. The van der Waals surface area contributed by atoms with Crippen LogP contribution in [0.3, 0.4) is 0 Å². The summed E-state index contributed by atoms with van der Waals surface area (Å²) in [4.78, 5) is 11.8. The number of amides is 1. The summed E-state index contributed by atoms with van der Waals surface area (Å²) >= 11 is 9.01. The molecule has 0 radical (unpaired) electrons. The highest BCUT2D eigenvalue weighted by molar-refractivity contribution is 9.10. The van der Waals surface area contributed by atoms with Gasteiger partial charge in [-0.3, -0.25) is 4.79 Å². The van der Waals surface area contributed by atoms with Crippen molar-refractivity contribution in [3.8, 4) is 0 Å². The van der Waals surface area contributed by atoms with Gasteiger partial charge in [0.25, 0.3) is 5.91 Å². The van der Waals surface area contributed by atoms with Crippen molar-refractivity contribution in [2.75, 3.05) is 19.3 Å². The quantitative estimate of drug-likeness (QED) is 0.838. The molecule has 0 saturated heterocycles. The first kappa shape index (κ1) is 15.4. The lowest BCUT2D eigenvalue weighted by atomic mass is 10.2. The lowest BCUT2D eigenvalue weighted by Gasteiger charge is -2.07. The van der Waals surface area contributed by atoms with Gasteiger partial charge in [-0.1, -0.05) is 11.6 Å². The molecule has 2 N–H and O–H groups in total. The van der Waals surface area contributed by atoms with Crippen molar-refractivity contribution in [1.29, 1.82) is 0 Å². The molecule has 0 aliphatic heterocycles. The van der Waals surface area contributed by atoms with Crippen molar-refractivity contribution in [3.63, 3.8) is 0 Å². The van der Waals surface area contributed by atoms with Gasteiger partial charge in [0.2, 0.25) is 10.0 Å². The molecule has 0 atom stereocenters. The van der Waals surface area contributed by atoms with E-state index in [-0.39, 0.29) is 18.2 Å². The van der Waals surface area contributed by atoms with Gasteiger partial charge in [-0.25, -0.2) is 13.1 Å². The predicted molar refractivity (Wildman–Crippen MR) is 74.3 cm³/mol. The molecule has 0 aromatic heterocycles. The summed E-state index contributed by atoms with van der Waals surface area (Å²) < 4.78 is 25.1. The summed E-state index contributed by atoms with van der Waals surface area (Å²) in [6.45, 7) is 0.0287. The standard InChI is InChI=1S/C10H12BrClN2O3S/c1-13-18(16,17)5-4-14-10(15)8-6-7(12)2-3-9(8)11/h2-3,6,13H,4-5H2,1H3,(H,14,15). The molecule has 0 saturated carbocycles. The zero-order valence-corrected chi connectivity index (χ0v) is 12.7. The lowest BCUT2D eigenvalue weighted by Crippen LogP contribution is -2.33. The first-order valence-electron chi connectivity index (χ1n) is 5.00. The van der Waals surface area contributed by atoms with Crippen molar-refractivity contribution in [2.24, 2.45) is 0 Å². The third-order valence-corrected chi connectivity index (χ3v) is 4.43. The molecule has 0 heterocycles. The highest BCUT2D eigenvalue weighted by Crippen LogP contribution is 2.20. The Hall–Kier alpha value is -0.630. The van der Waals surface area contributed by atoms with Crippen LogP contribution in [0.1, 0.15) is 10.4 Å². The van der Waals surface area contributed by atoms with Crippen molar-refractivity contribution in [1.82, 2.24) is 10.0 Å². The van der Waals surface area contributed by atoms with Gasteiger partial charge in [-0.05, 0) is 41.2 Å². The topological polar surface area (TPSA) is 75.3 Å². The summed E-state index contributed by atoms with van der Waals surface area (Å²) in [5, 5.41) is 2.95. The van der Waals surface area contributed by atoms with E-state index in [1.807, 2.05) is 0 Å². The van der Waals surface area contributed by atoms with Gasteiger partial charge >= 0.3 is 0 Å². The molecule has 0 aliphatic carbocycles. The Morgan fingerprint density at radius 3 is 2.72 bits per heavy atom. The van der Waals surface area contributed by atoms with Crippen molar-refractivity contribution in [3.05, 3.63) is 33.3 Å². The minimum Gasteiger partial charge on any atom is -0.351 e. The number of halogens is 2. The summed E-state index contributed by atoms with van der Waals surface area (Å²) in [6, 6.07) is 4.81. The van der Waals surface area contributed by atoms with Crippen LogP contribution in [0.5, 0.6) is 0 Å². The van der Waals surface area contributed by atoms with Crippen LogP contribution < -0.4 is 10.0 Å². The maximum absolute atomic E-state index is 11.8. The van der Waals surface area contributed by atoms with Crippen LogP contribution >= 0.6 is 27.5 Å². The number of benzene rings is 1. The van der Waals surface area contributed by atoms with Crippen molar-refractivity contribution in [2.45, 2.75) is 0 Å². The molecule has 0 aliphatic rings. The van der Waals surface area contributed by atoms with E-state index in [1.165, 1.54) is 13.1 Å². The normalized spacial score (nSPS) is 11.3. The molecule has 0 bridgehead atoms. The van der Waals surface area contributed by atoms with E-state index in [2.05, 4.69) is 26.0 Å². The third-order valence-electron chi connectivity index (χ3n) is 2.14. The fraction of sp³-hybridized carbons (Fsp3) is 0.300. The molecule has 1 amide bonds. The second-order valence-corrected chi connectivity index (χ2v) is 6.74. The van der Waals surface area contributed by atoms with Gasteiger partial charge in [-0.2, -0.15) is 0 Å². The minimum atomic E-state index is -3.32. The average Bonchev–Trinajstić information content (AvgIpc) is 2.32. The Balaban J connectivity index is 2.64. The molecule has 0 fully saturated rings. The van der Waals surface area contributed by atoms with Crippen LogP contribution in [-0.4, -0.2) is 33.7 Å². The second-order valence-electron chi connectivity index (χ2n) is 3.40. The third kappa shape index (κ3) is 4.56. The van der Waals surface area contributed by atoms with E-state index in [4.69, 9.17) is 11.6 Å². The number of carbonyl (C=O) groups excluding carboxylic acids is 1. The minimum absolute atomic E-state index is 0.0287. The molecule has 5 nitrogen and oxygen atoms in total. The smallest absolute Gasteiger partial charge is 0.252 e. The Bertz CT molecular complexity index is 548. The van der Waals surface area contributed by atoms with Gasteiger partial charge in [0.1, 0.15) is 0 Å². The fourth-order valence-electron chi connectivity index (χ4n) is 1.17. The molecular weight excluding hydrogens is 344 g/mol. The summed E-state index contributed by atoms with van der Waals surface area (Å²) in [7, 11) is -1.99. The maximum atomic E-state index is 11.8.